The molecule has 0 radical (unpaired) electrons. The van der Waals surface area contributed by atoms with Crippen molar-refractivity contribution in [3.63, 3.8) is 0 Å². The summed E-state index contributed by atoms with van der Waals surface area (Å²) < 4.78 is 5.65. The molecule has 182 valence electrons. The first-order valence-corrected chi connectivity index (χ1v) is 12.6. The van der Waals surface area contributed by atoms with Crippen LogP contribution in [-0.2, 0) is 14.3 Å². The van der Waals surface area contributed by atoms with Crippen LogP contribution in [0, 0.1) is 23.7 Å². The number of aliphatic carboxylic acids is 1. The third kappa shape index (κ3) is 3.68. The van der Waals surface area contributed by atoms with Crippen molar-refractivity contribution in [2.24, 2.45) is 23.7 Å². The lowest BCUT2D eigenvalue weighted by Crippen LogP contribution is -2.47. The van der Waals surface area contributed by atoms with Gasteiger partial charge in [-0.05, 0) is 53.4 Å². The Kier molecular flexibility index (Phi) is 5.50. The van der Waals surface area contributed by atoms with Gasteiger partial charge in [-0.15, -0.1) is 0 Å². The number of carbonyl (C=O) groups is 3. The lowest BCUT2D eigenvalue weighted by Gasteiger charge is -2.34. The number of carbonyl (C=O) groups excluding carboxylic acids is 2. The lowest BCUT2D eigenvalue weighted by atomic mass is 9.74. The third-order valence-electron chi connectivity index (χ3n) is 8.69. The first kappa shape index (κ1) is 22.1. The van der Waals surface area contributed by atoms with Crippen LogP contribution in [0.5, 0.6) is 0 Å². The lowest BCUT2D eigenvalue weighted by molar-refractivity contribution is -0.149. The Morgan fingerprint density at radius 2 is 1.69 bits per heavy atom. The highest BCUT2D eigenvalue weighted by atomic mass is 16.5. The Morgan fingerprint density at radius 1 is 1.00 bits per heavy atom. The second kappa shape index (κ2) is 8.70. The van der Waals surface area contributed by atoms with Crippen molar-refractivity contribution in [1.29, 1.82) is 0 Å². The van der Waals surface area contributed by atoms with E-state index in [0.29, 0.717) is 13.1 Å². The molecule has 2 saturated carbocycles. The van der Waals surface area contributed by atoms with Crippen molar-refractivity contribution in [2.75, 3.05) is 19.7 Å². The number of alkyl carbamates (subject to hydrolysis) is 1. The standard InChI is InChI=1S/C28H30N2O5/c31-26(30-14-17-12-24(30)25(17)27(32)33)18-11-5-6-16(18)13-29-28(34)35-15-23-21-9-3-1-7-19(21)20-8-2-4-10-22(20)23/h1-4,7-10,16-18,23-25H,5-6,11-15H2,(H,29,34)(H,32,33). The molecule has 7 rings (SSSR count). The number of carboxylic acids is 1. The van der Waals surface area contributed by atoms with Crippen LogP contribution in [0.15, 0.2) is 48.5 Å². The van der Waals surface area contributed by atoms with Crippen molar-refractivity contribution in [1.82, 2.24) is 10.2 Å². The van der Waals surface area contributed by atoms with Gasteiger partial charge in [0.25, 0.3) is 0 Å². The fraction of sp³-hybridized carbons (Fsp3) is 0.464. The van der Waals surface area contributed by atoms with Crippen molar-refractivity contribution >= 4 is 18.0 Å². The summed E-state index contributed by atoms with van der Waals surface area (Å²) in [4.78, 5) is 39.1. The zero-order valence-electron chi connectivity index (χ0n) is 19.6. The number of ether oxygens (including phenoxy) is 1. The van der Waals surface area contributed by atoms with Crippen LogP contribution in [0.1, 0.15) is 42.7 Å². The van der Waals surface area contributed by atoms with Crippen LogP contribution in [0.3, 0.4) is 0 Å². The maximum atomic E-state index is 13.2. The molecule has 0 spiro atoms. The summed E-state index contributed by atoms with van der Waals surface area (Å²) >= 11 is 0. The Morgan fingerprint density at radius 3 is 2.34 bits per heavy atom. The molecule has 7 nitrogen and oxygen atoms in total. The summed E-state index contributed by atoms with van der Waals surface area (Å²) in [6.45, 7) is 1.22. The first-order chi connectivity index (χ1) is 17.0. The summed E-state index contributed by atoms with van der Waals surface area (Å²) in [5.41, 5.74) is 4.72. The SMILES string of the molecule is O=C(NCC1CCCC1C(=O)N1CC2CC1C2C(=O)O)OCC1c2ccccc2-c2ccccc21. The number of benzene rings is 2. The first-order valence-electron chi connectivity index (χ1n) is 12.6. The summed E-state index contributed by atoms with van der Waals surface area (Å²) in [5, 5.41) is 12.3. The number of rotatable bonds is 6. The molecule has 2 aromatic carbocycles. The van der Waals surface area contributed by atoms with Crippen LogP contribution in [0.4, 0.5) is 4.79 Å². The largest absolute Gasteiger partial charge is 0.481 e. The van der Waals surface area contributed by atoms with Crippen molar-refractivity contribution in [3.8, 4) is 11.1 Å². The summed E-state index contributed by atoms with van der Waals surface area (Å²) in [7, 11) is 0. The van der Waals surface area contributed by atoms with Gasteiger partial charge < -0.3 is 20.1 Å². The maximum Gasteiger partial charge on any atom is 0.407 e. The normalized spacial score (nSPS) is 28.2. The molecule has 5 unspecified atom stereocenters. The summed E-state index contributed by atoms with van der Waals surface area (Å²) in [5.74, 6) is -1.11. The van der Waals surface area contributed by atoms with Gasteiger partial charge in [-0.25, -0.2) is 4.79 Å². The molecular weight excluding hydrogens is 444 g/mol. The van der Waals surface area contributed by atoms with Crippen molar-refractivity contribution in [2.45, 2.75) is 37.6 Å². The second-order valence-corrected chi connectivity index (χ2v) is 10.4. The quantitative estimate of drug-likeness (QED) is 0.663. The molecule has 2 N–H and O–H groups in total. The highest BCUT2D eigenvalue weighted by molar-refractivity contribution is 5.83. The Labute approximate surface area is 204 Å². The zero-order chi connectivity index (χ0) is 24.1. The summed E-state index contributed by atoms with van der Waals surface area (Å²) in [6, 6.07) is 16.3. The van der Waals surface area contributed by atoms with E-state index in [-0.39, 0.29) is 42.2 Å². The van der Waals surface area contributed by atoms with E-state index in [1.807, 2.05) is 24.3 Å². The molecule has 2 aromatic rings. The average Bonchev–Trinajstić information content (AvgIpc) is 3.62. The average molecular weight is 475 g/mol. The van der Waals surface area contributed by atoms with Crippen LogP contribution in [0.25, 0.3) is 11.1 Å². The number of fused-ring (bicyclic) bond motifs is 4. The van der Waals surface area contributed by atoms with E-state index in [2.05, 4.69) is 29.6 Å². The van der Waals surface area contributed by atoms with Gasteiger partial charge in [0.2, 0.25) is 5.91 Å². The van der Waals surface area contributed by atoms with E-state index in [0.717, 1.165) is 25.7 Å². The molecule has 3 aliphatic carbocycles. The van der Waals surface area contributed by atoms with Gasteiger partial charge in [-0.2, -0.15) is 0 Å². The van der Waals surface area contributed by atoms with E-state index in [1.54, 1.807) is 4.90 Å². The molecule has 35 heavy (non-hydrogen) atoms. The number of hydrogen-bond donors (Lipinski definition) is 2. The van der Waals surface area contributed by atoms with Gasteiger partial charge in [0.05, 0.1) is 5.92 Å². The van der Waals surface area contributed by atoms with Crippen LogP contribution in [-0.4, -0.2) is 53.7 Å². The summed E-state index contributed by atoms with van der Waals surface area (Å²) in [6.07, 6.45) is 2.96. The van der Waals surface area contributed by atoms with Gasteiger partial charge >= 0.3 is 12.1 Å². The van der Waals surface area contributed by atoms with E-state index >= 15 is 0 Å². The zero-order valence-corrected chi connectivity index (χ0v) is 19.6. The van der Waals surface area contributed by atoms with Gasteiger partial charge in [0.15, 0.2) is 0 Å². The Balaban J connectivity index is 1.04. The minimum atomic E-state index is -0.790. The van der Waals surface area contributed by atoms with Gasteiger partial charge in [-0.3, -0.25) is 9.59 Å². The van der Waals surface area contributed by atoms with Crippen LogP contribution < -0.4 is 5.32 Å². The molecule has 5 atom stereocenters. The van der Waals surface area contributed by atoms with Gasteiger partial charge in [0.1, 0.15) is 6.61 Å². The highest BCUT2D eigenvalue weighted by Crippen LogP contribution is 2.48. The minimum absolute atomic E-state index is 0.0118. The molecule has 2 saturated heterocycles. The molecule has 2 bridgehead atoms. The minimum Gasteiger partial charge on any atom is -0.481 e. The molecular formula is C28H30N2O5. The number of amides is 2. The number of hydrogen-bond acceptors (Lipinski definition) is 4. The predicted octanol–water partition coefficient (Wildman–Crippen LogP) is 3.87. The number of nitrogens with zero attached hydrogens (tertiary/aromatic N) is 1. The molecule has 5 aliphatic rings. The van der Waals surface area contributed by atoms with E-state index < -0.39 is 18.0 Å². The van der Waals surface area contributed by atoms with E-state index in [4.69, 9.17) is 4.74 Å². The second-order valence-electron chi connectivity index (χ2n) is 10.4. The van der Waals surface area contributed by atoms with Crippen LogP contribution >= 0.6 is 0 Å². The molecule has 2 aliphatic heterocycles. The Hall–Kier alpha value is -3.35. The molecule has 2 heterocycles. The van der Waals surface area contributed by atoms with Crippen molar-refractivity contribution in [3.05, 3.63) is 59.7 Å². The van der Waals surface area contributed by atoms with Gasteiger partial charge in [0, 0.05) is 31.0 Å². The van der Waals surface area contributed by atoms with Crippen molar-refractivity contribution < 1.29 is 24.2 Å². The molecule has 7 heteroatoms. The topological polar surface area (TPSA) is 95.9 Å². The molecule has 4 fully saturated rings. The fourth-order valence-corrected chi connectivity index (χ4v) is 6.92. The Bertz CT molecular complexity index is 1130. The third-order valence-corrected chi connectivity index (χ3v) is 8.69. The van der Waals surface area contributed by atoms with E-state index in [1.165, 1.54) is 22.3 Å². The molecule has 0 aromatic heterocycles. The smallest absolute Gasteiger partial charge is 0.407 e. The van der Waals surface area contributed by atoms with Gasteiger partial charge in [-0.1, -0.05) is 55.0 Å². The van der Waals surface area contributed by atoms with Crippen LogP contribution in [0.2, 0.25) is 0 Å². The predicted molar refractivity (Wildman–Crippen MR) is 129 cm³/mol. The van der Waals surface area contributed by atoms with E-state index in [9.17, 15) is 19.5 Å². The molecule has 2 amide bonds. The number of nitrogens with one attached hydrogen (secondary N) is 1. The highest BCUT2D eigenvalue weighted by Gasteiger charge is 2.58. The fourth-order valence-electron chi connectivity index (χ4n) is 6.92. The number of carboxylic acid groups (broad SMARTS) is 1. The maximum absolute atomic E-state index is 13.2. The monoisotopic (exact) mass is 474 g/mol.